The number of hydrogen-bond donors (Lipinski definition) is 1. The molecule has 0 saturated carbocycles. The van der Waals surface area contributed by atoms with Crippen LogP contribution in [0.4, 0.5) is 0 Å². The van der Waals surface area contributed by atoms with Crippen molar-refractivity contribution in [3.63, 3.8) is 0 Å². The molecule has 2 atom stereocenters. The van der Waals surface area contributed by atoms with Crippen molar-refractivity contribution in [3.8, 4) is 11.5 Å². The van der Waals surface area contributed by atoms with Crippen LogP contribution in [0.3, 0.4) is 0 Å². The number of rotatable bonds is 5. The SMILES string of the molecule is C[C@@H](NC(=O)COC(=O)[C@H]1COc2ccccc2O1)c1cccc(Cl)c1. The number of ether oxygens (including phenoxy) is 3. The number of para-hydroxylation sites is 2. The second kappa shape index (κ2) is 8.10. The summed E-state index contributed by atoms with van der Waals surface area (Å²) in [6, 6.07) is 14.0. The number of halogens is 1. The zero-order chi connectivity index (χ0) is 18.5. The molecule has 2 aromatic carbocycles. The Hall–Kier alpha value is -2.73. The molecule has 1 aliphatic heterocycles. The van der Waals surface area contributed by atoms with Crippen LogP contribution in [0.15, 0.2) is 48.5 Å². The molecule has 1 amide bonds. The van der Waals surface area contributed by atoms with Crippen molar-refractivity contribution >= 4 is 23.5 Å². The molecule has 1 N–H and O–H groups in total. The molecule has 1 heterocycles. The first kappa shape index (κ1) is 18.1. The van der Waals surface area contributed by atoms with Gasteiger partial charge in [-0.1, -0.05) is 35.9 Å². The third-order valence-electron chi connectivity index (χ3n) is 3.84. The summed E-state index contributed by atoms with van der Waals surface area (Å²) >= 11 is 5.94. The Morgan fingerprint density at radius 2 is 2.00 bits per heavy atom. The van der Waals surface area contributed by atoms with Crippen LogP contribution < -0.4 is 14.8 Å². The van der Waals surface area contributed by atoms with Crippen LogP contribution in [-0.2, 0) is 14.3 Å². The van der Waals surface area contributed by atoms with Crippen molar-refractivity contribution in [2.24, 2.45) is 0 Å². The van der Waals surface area contributed by atoms with Gasteiger partial charge in [0.2, 0.25) is 6.10 Å². The van der Waals surface area contributed by atoms with Crippen molar-refractivity contribution in [1.82, 2.24) is 5.32 Å². The van der Waals surface area contributed by atoms with Gasteiger partial charge >= 0.3 is 5.97 Å². The van der Waals surface area contributed by atoms with Gasteiger partial charge in [-0.3, -0.25) is 4.79 Å². The van der Waals surface area contributed by atoms with E-state index in [1.54, 1.807) is 36.4 Å². The highest BCUT2D eigenvalue weighted by Crippen LogP contribution is 2.31. The Morgan fingerprint density at radius 3 is 2.77 bits per heavy atom. The summed E-state index contributed by atoms with van der Waals surface area (Å²) in [5.41, 5.74) is 0.859. The molecule has 0 aromatic heterocycles. The van der Waals surface area contributed by atoms with E-state index in [4.69, 9.17) is 25.8 Å². The van der Waals surface area contributed by atoms with Gasteiger partial charge in [0, 0.05) is 5.02 Å². The second-order valence-electron chi connectivity index (χ2n) is 5.82. The van der Waals surface area contributed by atoms with Gasteiger partial charge in [0.1, 0.15) is 6.61 Å². The van der Waals surface area contributed by atoms with Crippen molar-refractivity contribution in [1.29, 1.82) is 0 Å². The first-order valence-corrected chi connectivity index (χ1v) is 8.50. The van der Waals surface area contributed by atoms with Crippen molar-refractivity contribution in [2.75, 3.05) is 13.2 Å². The number of hydrogen-bond acceptors (Lipinski definition) is 5. The average Bonchev–Trinajstić information content (AvgIpc) is 2.65. The number of esters is 1. The Balaban J connectivity index is 1.48. The van der Waals surface area contributed by atoms with E-state index in [0.717, 1.165) is 5.56 Å². The fraction of sp³-hybridized carbons (Fsp3) is 0.263. The van der Waals surface area contributed by atoms with Gasteiger partial charge in [0.05, 0.1) is 6.04 Å². The van der Waals surface area contributed by atoms with Crippen LogP contribution in [0.5, 0.6) is 11.5 Å². The van der Waals surface area contributed by atoms with Gasteiger partial charge in [0.25, 0.3) is 5.91 Å². The van der Waals surface area contributed by atoms with Gasteiger partial charge in [-0.25, -0.2) is 4.79 Å². The van der Waals surface area contributed by atoms with Gasteiger partial charge in [-0.2, -0.15) is 0 Å². The molecule has 0 fully saturated rings. The zero-order valence-corrected chi connectivity index (χ0v) is 14.9. The van der Waals surface area contributed by atoms with Crippen LogP contribution in [0.2, 0.25) is 5.02 Å². The third-order valence-corrected chi connectivity index (χ3v) is 4.08. The Kier molecular flexibility index (Phi) is 5.63. The minimum atomic E-state index is -0.900. The molecule has 0 bridgehead atoms. The van der Waals surface area contributed by atoms with Crippen LogP contribution in [0.25, 0.3) is 0 Å². The molecule has 1 aliphatic rings. The molecular weight excluding hydrogens is 358 g/mol. The lowest BCUT2D eigenvalue weighted by molar-refractivity contribution is -0.157. The third kappa shape index (κ3) is 4.46. The molecule has 7 heteroatoms. The first-order chi connectivity index (χ1) is 12.5. The number of amides is 1. The lowest BCUT2D eigenvalue weighted by Crippen LogP contribution is -2.40. The first-order valence-electron chi connectivity index (χ1n) is 8.13. The average molecular weight is 376 g/mol. The van der Waals surface area contributed by atoms with E-state index in [1.165, 1.54) is 0 Å². The van der Waals surface area contributed by atoms with E-state index >= 15 is 0 Å². The van der Waals surface area contributed by atoms with E-state index in [0.29, 0.717) is 16.5 Å². The number of fused-ring (bicyclic) bond motifs is 1. The fourth-order valence-electron chi connectivity index (χ4n) is 2.51. The monoisotopic (exact) mass is 375 g/mol. The Labute approximate surface area is 156 Å². The highest BCUT2D eigenvalue weighted by Gasteiger charge is 2.29. The van der Waals surface area contributed by atoms with Gasteiger partial charge < -0.3 is 19.5 Å². The molecule has 6 nitrogen and oxygen atoms in total. The normalized spacial score (nSPS) is 16.5. The molecule has 3 rings (SSSR count). The fourth-order valence-corrected chi connectivity index (χ4v) is 2.71. The topological polar surface area (TPSA) is 73.9 Å². The van der Waals surface area contributed by atoms with Crippen molar-refractivity contribution < 1.29 is 23.8 Å². The molecule has 0 radical (unpaired) electrons. The van der Waals surface area contributed by atoms with Crippen LogP contribution in [-0.4, -0.2) is 31.2 Å². The molecular formula is C19H18ClNO5. The summed E-state index contributed by atoms with van der Waals surface area (Å²) in [6.07, 6.45) is -0.900. The minimum Gasteiger partial charge on any atom is -0.485 e. The van der Waals surface area contributed by atoms with E-state index in [1.807, 2.05) is 19.1 Å². The minimum absolute atomic E-state index is 0.0381. The molecule has 0 spiro atoms. The number of carbonyl (C=O) groups excluding carboxylic acids is 2. The lowest BCUT2D eigenvalue weighted by Gasteiger charge is -2.24. The quantitative estimate of drug-likeness (QED) is 0.813. The van der Waals surface area contributed by atoms with E-state index in [2.05, 4.69) is 5.32 Å². The summed E-state index contributed by atoms with van der Waals surface area (Å²) < 4.78 is 16.0. The molecule has 2 aromatic rings. The summed E-state index contributed by atoms with van der Waals surface area (Å²) in [5.74, 6) is -0.0163. The molecule has 26 heavy (non-hydrogen) atoms. The molecule has 136 valence electrons. The predicted octanol–water partition coefficient (Wildman–Crippen LogP) is 2.90. The largest absolute Gasteiger partial charge is 0.485 e. The van der Waals surface area contributed by atoms with Crippen LogP contribution in [0, 0.1) is 0 Å². The maximum Gasteiger partial charge on any atom is 0.351 e. The summed E-state index contributed by atoms with van der Waals surface area (Å²) in [7, 11) is 0. The van der Waals surface area contributed by atoms with Crippen molar-refractivity contribution in [2.45, 2.75) is 19.1 Å². The Bertz CT molecular complexity index is 810. The Morgan fingerprint density at radius 1 is 1.23 bits per heavy atom. The predicted molar refractivity (Wildman–Crippen MR) is 95.3 cm³/mol. The molecule has 0 aliphatic carbocycles. The highest BCUT2D eigenvalue weighted by atomic mass is 35.5. The smallest absolute Gasteiger partial charge is 0.351 e. The molecule has 0 saturated heterocycles. The van der Waals surface area contributed by atoms with Crippen LogP contribution in [0.1, 0.15) is 18.5 Å². The maximum absolute atomic E-state index is 12.1. The van der Waals surface area contributed by atoms with E-state index in [-0.39, 0.29) is 12.6 Å². The van der Waals surface area contributed by atoms with E-state index < -0.39 is 24.6 Å². The van der Waals surface area contributed by atoms with Crippen molar-refractivity contribution in [3.05, 3.63) is 59.1 Å². The number of carbonyl (C=O) groups is 2. The van der Waals surface area contributed by atoms with Gasteiger partial charge in [0.15, 0.2) is 18.1 Å². The number of benzene rings is 2. The summed E-state index contributed by atoms with van der Waals surface area (Å²) in [5, 5.41) is 3.34. The molecule has 0 unspecified atom stereocenters. The number of nitrogens with one attached hydrogen (secondary N) is 1. The maximum atomic E-state index is 12.1. The van der Waals surface area contributed by atoms with E-state index in [9.17, 15) is 9.59 Å². The lowest BCUT2D eigenvalue weighted by atomic mass is 10.1. The highest BCUT2D eigenvalue weighted by molar-refractivity contribution is 6.30. The summed E-state index contributed by atoms with van der Waals surface area (Å²) in [6.45, 7) is 1.46. The second-order valence-corrected chi connectivity index (χ2v) is 6.25. The van der Waals surface area contributed by atoms with Crippen LogP contribution >= 0.6 is 11.6 Å². The zero-order valence-electron chi connectivity index (χ0n) is 14.1. The standard InChI is InChI=1S/C19H18ClNO5/c1-12(13-5-4-6-14(20)9-13)21-18(22)11-25-19(23)17-10-24-15-7-2-3-8-16(15)26-17/h2-9,12,17H,10-11H2,1H3,(H,21,22)/t12-,17-/m1/s1. The van der Waals surface area contributed by atoms with Gasteiger partial charge in [-0.05, 0) is 36.8 Å². The summed E-state index contributed by atoms with van der Waals surface area (Å²) in [4.78, 5) is 24.1. The van der Waals surface area contributed by atoms with Gasteiger partial charge in [-0.15, -0.1) is 0 Å².